The average Bonchev–Trinajstić information content (AvgIpc) is 3.73. The highest BCUT2D eigenvalue weighted by Crippen LogP contribution is 2.43. The third-order valence-electron chi connectivity index (χ3n) is 14.5. The molecule has 20 nitrogen and oxygen atoms in total. The van der Waals surface area contributed by atoms with Gasteiger partial charge < -0.3 is 49.4 Å². The molecule has 4 amide bonds. The molecule has 0 spiro atoms. The molecule has 8 bridgehead atoms. The van der Waals surface area contributed by atoms with Crippen LogP contribution in [0.25, 0.3) is 10.4 Å². The summed E-state index contributed by atoms with van der Waals surface area (Å²) >= 11 is 0. The minimum atomic E-state index is -5.62. The second-order valence-electron chi connectivity index (χ2n) is 25.2. The fraction of sp³-hybridized carbons (Fsp3) is 0.918. The SMILES string of the molecule is CC(C)(C)OC(=O)N1C[C@H]2CC[C@@H](C1)C2N.CC(C)(C)OC(=O)N1C[C@H]2CC[C@@H](C1)C2N=[N+]=[N-].CC(C)(C)OC(=O)N1C[C@H]2CC[C@@H](C1)C2O.CC(C)(C)OC(=O)N1C[C@H]2CC[C@@H](C1)C2OS(=O)(=O)C(F)(F)F. The van der Waals surface area contributed by atoms with Gasteiger partial charge in [-0.1, -0.05) is 5.11 Å². The van der Waals surface area contributed by atoms with Crippen molar-refractivity contribution in [2.45, 2.75) is 187 Å². The summed E-state index contributed by atoms with van der Waals surface area (Å²) in [5.74, 6) is 1.17. The van der Waals surface area contributed by atoms with Crippen molar-refractivity contribution in [2.24, 2.45) is 58.2 Å². The number of nitrogens with zero attached hydrogens (tertiary/aromatic N) is 7. The van der Waals surface area contributed by atoms with Crippen LogP contribution >= 0.6 is 0 Å². The highest BCUT2D eigenvalue weighted by molar-refractivity contribution is 7.87. The highest BCUT2D eigenvalue weighted by atomic mass is 32.2. The van der Waals surface area contributed by atoms with E-state index < -0.39 is 62.1 Å². The molecule has 3 N–H and O–H groups in total. The number of nitrogens with two attached hydrogens (primary N) is 1. The van der Waals surface area contributed by atoms with Crippen LogP contribution < -0.4 is 5.73 Å². The molecule has 0 aromatic carbocycles. The molecule has 0 radical (unpaired) electrons. The lowest BCUT2D eigenvalue weighted by Crippen LogP contribution is -2.51. The number of carbonyl (C=O) groups excluding carboxylic acids is 4. The Kier molecular flexibility index (Phi) is 18.9. The first-order valence-corrected chi connectivity index (χ1v) is 27.2. The van der Waals surface area contributed by atoms with Gasteiger partial charge >= 0.3 is 40.0 Å². The molecule has 4 heterocycles. The molecule has 4 unspecified atom stereocenters. The summed E-state index contributed by atoms with van der Waals surface area (Å²) in [5, 5.41) is 13.7. The van der Waals surface area contributed by atoms with Crippen molar-refractivity contribution in [3.8, 4) is 0 Å². The number of aliphatic hydroxyl groups excluding tert-OH is 1. The summed E-state index contributed by atoms with van der Waals surface area (Å²) in [4.78, 5) is 57.5. The van der Waals surface area contributed by atoms with Crippen molar-refractivity contribution in [1.82, 2.24) is 19.6 Å². The van der Waals surface area contributed by atoms with Crippen molar-refractivity contribution < 1.29 is 69.0 Å². The Hall–Kier alpha value is -3.99. The van der Waals surface area contributed by atoms with Gasteiger partial charge in [-0.15, -0.1) is 0 Å². The Morgan fingerprint density at radius 1 is 0.521 bits per heavy atom. The highest BCUT2D eigenvalue weighted by Gasteiger charge is 2.54. The third-order valence-corrected chi connectivity index (χ3v) is 15.6. The molecule has 4 aliphatic carbocycles. The van der Waals surface area contributed by atoms with Crippen LogP contribution in [-0.4, -0.2) is 162 Å². The maximum Gasteiger partial charge on any atom is 0.523 e. The summed E-state index contributed by atoms with van der Waals surface area (Å²) in [6.45, 7) is 26.4. The minimum absolute atomic E-state index is 0.0636. The molecule has 4 aliphatic heterocycles. The number of carbonyl (C=O) groups is 4. The molecule has 4 saturated carbocycles. The summed E-state index contributed by atoms with van der Waals surface area (Å²) in [7, 11) is -5.62. The maximum atomic E-state index is 12.5. The van der Waals surface area contributed by atoms with Crippen LogP contribution in [0.3, 0.4) is 0 Å². The number of azide groups is 1. The standard InChI is InChI=1S/C13H20F3NO5S.C12H20N4O2.C12H22N2O2.C12H21NO3/c1-12(2,3)21-11(18)17-6-8-4-5-9(7-17)10(8)22-23(19,20)13(14,15)16;1-12(2,3)18-11(17)16-6-8-4-5-9(7-16)10(8)14-15-13;1-12(2,3)16-11(15)14-6-8-4-5-9(7-14)10(8)13;1-12(2,3)16-11(15)13-6-8-4-5-9(7-13)10(8)14/h8-10H,4-7H2,1-3H3;8-10H,4-7H2,1-3H3;8-10H,4-7,13H2,1-3H3;8-10,14H,4-7H2,1-3H3/t4*8-,9+,10?. The molecule has 0 aromatic heterocycles. The number of hydrogen-bond donors (Lipinski definition) is 2. The molecule has 8 aliphatic rings. The van der Waals surface area contributed by atoms with Gasteiger partial charge in [0.1, 0.15) is 22.4 Å². The average molecular weight is 1070 g/mol. The van der Waals surface area contributed by atoms with E-state index in [2.05, 4.69) is 14.2 Å². The molecule has 4 saturated heterocycles. The number of alkyl halides is 3. The van der Waals surface area contributed by atoms with E-state index in [4.69, 9.17) is 30.2 Å². The predicted molar refractivity (Wildman–Crippen MR) is 263 cm³/mol. The first kappa shape index (κ1) is 59.9. The van der Waals surface area contributed by atoms with Gasteiger partial charge in [-0.05, 0) is 164 Å². The van der Waals surface area contributed by atoms with Crippen molar-refractivity contribution in [3.05, 3.63) is 10.4 Å². The Labute approximate surface area is 429 Å². The van der Waals surface area contributed by atoms with E-state index in [1.165, 1.54) is 4.90 Å². The maximum absolute atomic E-state index is 12.5. The number of piperidine rings is 4. The number of ether oxygens (including phenoxy) is 4. The van der Waals surface area contributed by atoms with Gasteiger partial charge in [0.05, 0.1) is 12.2 Å². The zero-order chi connectivity index (χ0) is 54.8. The monoisotopic (exact) mass is 1060 g/mol. The zero-order valence-corrected chi connectivity index (χ0v) is 45.7. The van der Waals surface area contributed by atoms with Gasteiger partial charge in [0.25, 0.3) is 0 Å². The number of likely N-dealkylation sites (tertiary alicyclic amines) is 4. The number of aliphatic hydroxyl groups is 1. The van der Waals surface area contributed by atoms with Crippen LogP contribution in [0.5, 0.6) is 0 Å². The molecule has 418 valence electrons. The van der Waals surface area contributed by atoms with Gasteiger partial charge in [0, 0.05) is 93.0 Å². The van der Waals surface area contributed by atoms with Gasteiger partial charge in [-0.2, -0.15) is 21.6 Å². The molecule has 24 heteroatoms. The van der Waals surface area contributed by atoms with Crippen LogP contribution in [-0.2, 0) is 33.2 Å². The molecular formula is C49H83F3N8O12S. The number of fused-ring (bicyclic) bond motifs is 8. The predicted octanol–water partition coefficient (Wildman–Crippen LogP) is 8.66. The lowest BCUT2D eigenvalue weighted by molar-refractivity contribution is -0.0651. The normalized spacial score (nSPS) is 31.6. The molecular weight excluding hydrogens is 982 g/mol. The van der Waals surface area contributed by atoms with E-state index in [1.807, 2.05) is 67.2 Å². The first-order valence-electron chi connectivity index (χ1n) is 25.8. The molecule has 73 heavy (non-hydrogen) atoms. The molecule has 12 atom stereocenters. The molecule has 8 rings (SSSR count). The number of halogens is 3. The Balaban J connectivity index is 0.000000182. The zero-order valence-electron chi connectivity index (χ0n) is 44.9. The Morgan fingerprint density at radius 3 is 1.08 bits per heavy atom. The van der Waals surface area contributed by atoms with Crippen LogP contribution in [0, 0.1) is 47.3 Å². The van der Waals surface area contributed by atoms with Crippen LogP contribution in [0.2, 0.25) is 0 Å². The quantitative estimate of drug-likeness (QED) is 0.0671. The van der Waals surface area contributed by atoms with E-state index in [-0.39, 0.29) is 55.4 Å². The Morgan fingerprint density at radius 2 is 0.781 bits per heavy atom. The van der Waals surface area contributed by atoms with E-state index in [1.54, 1.807) is 30.6 Å². The summed E-state index contributed by atoms with van der Waals surface area (Å²) < 4.78 is 85.5. The van der Waals surface area contributed by atoms with Gasteiger partial charge in [-0.25, -0.2) is 19.2 Å². The molecule has 8 fully saturated rings. The van der Waals surface area contributed by atoms with Crippen LogP contribution in [0.4, 0.5) is 32.3 Å². The fourth-order valence-electron chi connectivity index (χ4n) is 11.3. The van der Waals surface area contributed by atoms with Crippen LogP contribution in [0.1, 0.15) is 134 Å². The smallest absolute Gasteiger partial charge is 0.444 e. The summed E-state index contributed by atoms with van der Waals surface area (Å²) in [6.07, 6.45) is 5.01. The Bertz CT molecular complexity index is 1990. The third kappa shape index (κ3) is 16.8. The van der Waals surface area contributed by atoms with E-state index in [0.29, 0.717) is 68.7 Å². The number of rotatable bonds is 3. The number of amides is 4. The van der Waals surface area contributed by atoms with Gasteiger partial charge in [0.2, 0.25) is 0 Å². The van der Waals surface area contributed by atoms with Crippen molar-refractivity contribution in [2.75, 3.05) is 52.4 Å². The van der Waals surface area contributed by atoms with Crippen LogP contribution in [0.15, 0.2) is 5.11 Å². The lowest BCUT2D eigenvalue weighted by atomic mass is 9.93. The fourth-order valence-corrected chi connectivity index (χ4v) is 12.0. The van der Waals surface area contributed by atoms with Gasteiger partial charge in [0.15, 0.2) is 0 Å². The van der Waals surface area contributed by atoms with Crippen molar-refractivity contribution in [1.29, 1.82) is 0 Å². The van der Waals surface area contributed by atoms with E-state index in [9.17, 15) is 45.9 Å². The second kappa shape index (κ2) is 23.1. The summed E-state index contributed by atoms with van der Waals surface area (Å²) in [6, 6.07) is 0.354. The summed E-state index contributed by atoms with van der Waals surface area (Å²) in [5.41, 5.74) is 7.24. The minimum Gasteiger partial charge on any atom is -0.444 e. The topological polar surface area (TPSA) is 257 Å². The van der Waals surface area contributed by atoms with E-state index >= 15 is 0 Å². The van der Waals surface area contributed by atoms with Gasteiger partial charge in [-0.3, -0.25) is 4.18 Å². The van der Waals surface area contributed by atoms with E-state index in [0.717, 1.165) is 51.6 Å². The van der Waals surface area contributed by atoms with Crippen molar-refractivity contribution in [3.63, 3.8) is 0 Å². The largest absolute Gasteiger partial charge is 0.523 e. The first-order chi connectivity index (χ1) is 33.4. The number of hydrogen-bond acceptors (Lipinski definition) is 14. The van der Waals surface area contributed by atoms with Crippen molar-refractivity contribution >= 4 is 34.5 Å². The second-order valence-corrected chi connectivity index (χ2v) is 26.7. The lowest BCUT2D eigenvalue weighted by Gasteiger charge is -2.37. The molecule has 0 aromatic rings.